The molecule has 134 valence electrons. The summed E-state index contributed by atoms with van der Waals surface area (Å²) in [6.45, 7) is 1.60. The molecule has 2 heterocycles. The molecule has 8 heteroatoms. The Kier molecular flexibility index (Phi) is 4.99. The van der Waals surface area contributed by atoms with Crippen LogP contribution in [-0.2, 0) is 9.53 Å². The van der Waals surface area contributed by atoms with Crippen molar-refractivity contribution >= 4 is 23.4 Å². The van der Waals surface area contributed by atoms with Crippen LogP contribution in [0.1, 0.15) is 24.2 Å². The summed E-state index contributed by atoms with van der Waals surface area (Å²) in [6.07, 6.45) is 1.41. The van der Waals surface area contributed by atoms with Gasteiger partial charge >= 0.3 is 5.97 Å². The van der Waals surface area contributed by atoms with Gasteiger partial charge in [0, 0.05) is 22.5 Å². The summed E-state index contributed by atoms with van der Waals surface area (Å²) >= 11 is 5.80. The quantitative estimate of drug-likeness (QED) is 0.831. The summed E-state index contributed by atoms with van der Waals surface area (Å²) in [5.41, 5.74) is 0.569. The molecule has 0 bridgehead atoms. The number of hydrogen-bond acceptors (Lipinski definition) is 5. The van der Waals surface area contributed by atoms with Gasteiger partial charge in [0.1, 0.15) is 17.6 Å². The van der Waals surface area contributed by atoms with Crippen LogP contribution < -0.4 is 5.32 Å². The lowest BCUT2D eigenvalue weighted by molar-refractivity contribution is -0.136. The van der Waals surface area contributed by atoms with Gasteiger partial charge in [0.15, 0.2) is 11.7 Å². The smallest absolute Gasteiger partial charge is 0.338 e. The van der Waals surface area contributed by atoms with Gasteiger partial charge in [-0.2, -0.15) is 0 Å². The van der Waals surface area contributed by atoms with E-state index >= 15 is 0 Å². The van der Waals surface area contributed by atoms with E-state index in [1.165, 1.54) is 37.6 Å². The number of aliphatic imine (C=N–C) groups is 1. The Labute approximate surface area is 153 Å². The van der Waals surface area contributed by atoms with Crippen molar-refractivity contribution in [3.8, 4) is 0 Å². The number of pyridine rings is 1. The normalized spacial score (nSPS) is 16.8. The van der Waals surface area contributed by atoms with Crippen LogP contribution in [-0.4, -0.2) is 23.9 Å². The number of benzene rings is 1. The van der Waals surface area contributed by atoms with E-state index in [1.54, 1.807) is 6.92 Å². The third-order valence-corrected chi connectivity index (χ3v) is 4.12. The number of nitrogens with one attached hydrogen (secondary N) is 1. The molecule has 26 heavy (non-hydrogen) atoms. The lowest BCUT2D eigenvalue weighted by atomic mass is 9.95. The third-order valence-electron chi connectivity index (χ3n) is 3.89. The van der Waals surface area contributed by atoms with Crippen molar-refractivity contribution in [1.82, 2.24) is 10.3 Å². The van der Waals surface area contributed by atoms with Crippen LogP contribution in [0.3, 0.4) is 0 Å². The van der Waals surface area contributed by atoms with E-state index in [4.69, 9.17) is 16.3 Å². The Bertz CT molecular complexity index is 944. The van der Waals surface area contributed by atoms with Gasteiger partial charge in [-0.05, 0) is 31.2 Å². The molecule has 1 atom stereocenters. The number of allylic oxidation sites excluding steroid dienone is 1. The topological polar surface area (TPSA) is 63.6 Å². The molecular weight excluding hydrogens is 364 g/mol. The van der Waals surface area contributed by atoms with E-state index in [0.29, 0.717) is 5.70 Å². The molecule has 0 fully saturated rings. The molecule has 3 rings (SSSR count). The first kappa shape index (κ1) is 18.0. The maximum absolute atomic E-state index is 14.5. The fourth-order valence-corrected chi connectivity index (χ4v) is 2.84. The van der Waals surface area contributed by atoms with Crippen molar-refractivity contribution in [2.75, 3.05) is 7.11 Å². The molecule has 1 aromatic heterocycles. The van der Waals surface area contributed by atoms with E-state index in [-0.39, 0.29) is 27.7 Å². The van der Waals surface area contributed by atoms with Crippen molar-refractivity contribution in [3.05, 3.63) is 75.7 Å². The van der Waals surface area contributed by atoms with Crippen LogP contribution >= 0.6 is 11.6 Å². The van der Waals surface area contributed by atoms with E-state index in [9.17, 15) is 13.6 Å². The standard InChI is InChI=1S/C18H14ClF2N3O2/c1-9-14(18(25)26-2)15(11-6-5-10(19)8-13(11)21)24-17(23-9)16-12(20)4-3-7-22-16/h3-8,15H,1-2H3,(H,23,24). The van der Waals surface area contributed by atoms with Crippen LogP contribution in [0.25, 0.3) is 0 Å². The van der Waals surface area contributed by atoms with Crippen LogP contribution in [0.15, 0.2) is 52.8 Å². The van der Waals surface area contributed by atoms with Gasteiger partial charge in [-0.1, -0.05) is 17.7 Å². The summed E-state index contributed by atoms with van der Waals surface area (Å²) < 4.78 is 33.4. The number of nitrogens with zero attached hydrogens (tertiary/aromatic N) is 2. The molecule has 0 saturated carbocycles. The number of halogens is 3. The average molecular weight is 378 g/mol. The van der Waals surface area contributed by atoms with Crippen molar-refractivity contribution in [1.29, 1.82) is 0 Å². The number of esters is 1. The molecule has 0 amide bonds. The molecule has 0 radical (unpaired) electrons. The first-order chi connectivity index (χ1) is 12.4. The maximum Gasteiger partial charge on any atom is 0.338 e. The van der Waals surface area contributed by atoms with Gasteiger partial charge < -0.3 is 10.1 Å². The monoisotopic (exact) mass is 377 g/mol. The van der Waals surface area contributed by atoms with Crippen LogP contribution in [0.2, 0.25) is 5.02 Å². The molecule has 1 unspecified atom stereocenters. The Hall–Kier alpha value is -2.80. The van der Waals surface area contributed by atoms with Gasteiger partial charge in [-0.15, -0.1) is 0 Å². The second kappa shape index (κ2) is 7.21. The summed E-state index contributed by atoms with van der Waals surface area (Å²) in [5, 5.41) is 3.06. The number of aromatic nitrogens is 1. The minimum absolute atomic E-state index is 0.0323. The molecule has 0 aliphatic carbocycles. The molecule has 1 aromatic carbocycles. The molecule has 1 aliphatic heterocycles. The molecule has 1 aliphatic rings. The number of rotatable bonds is 3. The predicted octanol–water partition coefficient (Wildman–Crippen LogP) is 3.55. The lowest BCUT2D eigenvalue weighted by Gasteiger charge is -2.26. The second-order valence-corrected chi connectivity index (χ2v) is 5.97. The minimum atomic E-state index is -1.03. The fraction of sp³-hybridized carbons (Fsp3) is 0.167. The fourth-order valence-electron chi connectivity index (χ4n) is 2.68. The minimum Gasteiger partial charge on any atom is -0.466 e. The average Bonchev–Trinajstić information content (AvgIpc) is 2.61. The highest BCUT2D eigenvalue weighted by Gasteiger charge is 2.32. The predicted molar refractivity (Wildman–Crippen MR) is 92.7 cm³/mol. The largest absolute Gasteiger partial charge is 0.466 e. The van der Waals surface area contributed by atoms with Crippen molar-refractivity contribution in [2.45, 2.75) is 13.0 Å². The molecule has 0 saturated heterocycles. The molecule has 1 N–H and O–H groups in total. The number of ether oxygens (including phenoxy) is 1. The van der Waals surface area contributed by atoms with Gasteiger partial charge in [0.05, 0.1) is 12.7 Å². The number of carbonyl (C=O) groups is 1. The lowest BCUT2D eigenvalue weighted by Crippen LogP contribution is -2.34. The van der Waals surface area contributed by atoms with E-state index in [2.05, 4.69) is 15.3 Å². The van der Waals surface area contributed by atoms with E-state index in [0.717, 1.165) is 6.07 Å². The van der Waals surface area contributed by atoms with Gasteiger partial charge in [0.25, 0.3) is 0 Å². The zero-order valence-electron chi connectivity index (χ0n) is 13.9. The third kappa shape index (κ3) is 3.30. The van der Waals surface area contributed by atoms with Crippen molar-refractivity contribution < 1.29 is 18.3 Å². The second-order valence-electron chi connectivity index (χ2n) is 5.54. The highest BCUT2D eigenvalue weighted by molar-refractivity contribution is 6.30. The summed E-state index contributed by atoms with van der Waals surface area (Å²) in [7, 11) is 1.22. The number of carbonyl (C=O) groups excluding carboxylic acids is 1. The highest BCUT2D eigenvalue weighted by atomic mass is 35.5. The number of hydrogen-bond donors (Lipinski definition) is 1. The van der Waals surface area contributed by atoms with E-state index in [1.807, 2.05) is 0 Å². The zero-order chi connectivity index (χ0) is 18.8. The molecule has 2 aromatic rings. The molecule has 5 nitrogen and oxygen atoms in total. The zero-order valence-corrected chi connectivity index (χ0v) is 14.6. The summed E-state index contributed by atoms with van der Waals surface area (Å²) in [4.78, 5) is 20.5. The molecular formula is C18H14ClF2N3O2. The first-order valence-electron chi connectivity index (χ1n) is 7.62. The van der Waals surface area contributed by atoms with E-state index < -0.39 is 23.6 Å². The van der Waals surface area contributed by atoms with Crippen molar-refractivity contribution in [3.63, 3.8) is 0 Å². The summed E-state index contributed by atoms with van der Waals surface area (Å²) in [5.74, 6) is -1.81. The highest BCUT2D eigenvalue weighted by Crippen LogP contribution is 2.34. The van der Waals surface area contributed by atoms with Gasteiger partial charge in [-0.25, -0.2) is 18.6 Å². The Balaban J connectivity index is 2.17. The Morgan fingerprint density at radius 2 is 2.04 bits per heavy atom. The molecule has 0 spiro atoms. The SMILES string of the molecule is COC(=O)C1=C(C)NC(c2ncccc2F)=NC1c1ccc(Cl)cc1F. The number of amidine groups is 1. The Morgan fingerprint density at radius 3 is 2.69 bits per heavy atom. The number of methoxy groups -OCH3 is 1. The van der Waals surface area contributed by atoms with Gasteiger partial charge in [-0.3, -0.25) is 4.99 Å². The Morgan fingerprint density at radius 1 is 1.27 bits per heavy atom. The van der Waals surface area contributed by atoms with Crippen LogP contribution in [0, 0.1) is 11.6 Å². The van der Waals surface area contributed by atoms with Crippen molar-refractivity contribution in [2.24, 2.45) is 4.99 Å². The summed E-state index contributed by atoms with van der Waals surface area (Å²) in [6, 6.07) is 5.69. The maximum atomic E-state index is 14.5. The van der Waals surface area contributed by atoms with Crippen LogP contribution in [0.5, 0.6) is 0 Å². The van der Waals surface area contributed by atoms with Crippen LogP contribution in [0.4, 0.5) is 8.78 Å². The first-order valence-corrected chi connectivity index (χ1v) is 8.00. The van der Waals surface area contributed by atoms with Gasteiger partial charge in [0.2, 0.25) is 0 Å².